The van der Waals surface area contributed by atoms with Crippen molar-refractivity contribution in [1.82, 2.24) is 4.98 Å². The third-order valence-electron chi connectivity index (χ3n) is 1.05. The molecule has 0 aromatic carbocycles. The van der Waals surface area contributed by atoms with Crippen LogP contribution in [-0.4, -0.2) is 13.4 Å². The molecule has 0 radical (unpaired) electrons. The Bertz CT molecular complexity index is 406. The maximum atomic E-state index is 12.7. The molecule has 0 saturated carbocycles. The molecule has 0 bridgehead atoms. The predicted octanol–water partition coefficient (Wildman–Crippen LogP) is 0.473. The minimum absolute atomic E-state index is 0.373. The van der Waals surface area contributed by atoms with E-state index < -0.39 is 20.9 Å². The van der Waals surface area contributed by atoms with Gasteiger partial charge in [0.15, 0.2) is 5.82 Å². The lowest BCUT2D eigenvalue weighted by Gasteiger charge is -1.98. The Morgan fingerprint density at radius 1 is 1.50 bits per heavy atom. The first-order valence-corrected chi connectivity index (χ1v) is 5.38. The highest BCUT2D eigenvalue weighted by Crippen LogP contribution is 2.11. The van der Waals surface area contributed by atoms with E-state index in [0.717, 1.165) is 6.07 Å². The Labute approximate surface area is 82.2 Å². The minimum Gasteiger partial charge on any atom is -0.226 e. The smallest absolute Gasteiger partial charge is 0.226 e. The monoisotopic (exact) mass is 302 g/mol. The number of hydrogen-bond acceptors (Lipinski definition) is 3. The lowest BCUT2D eigenvalue weighted by Crippen LogP contribution is -2.16. The van der Waals surface area contributed by atoms with Crippen molar-refractivity contribution in [2.75, 3.05) is 0 Å². The summed E-state index contributed by atoms with van der Waals surface area (Å²) in [6, 6.07) is 2.36. The van der Waals surface area contributed by atoms with Crippen molar-refractivity contribution in [3.05, 3.63) is 21.7 Å². The molecule has 0 atom stereocenters. The molecular weight excluding hydrogens is 298 g/mol. The molecule has 0 saturated heterocycles. The molecule has 1 aromatic rings. The van der Waals surface area contributed by atoms with Crippen LogP contribution in [0.25, 0.3) is 0 Å². The molecule has 0 aliphatic carbocycles. The zero-order chi connectivity index (χ0) is 9.35. The fourth-order valence-corrected chi connectivity index (χ4v) is 1.75. The summed E-state index contributed by atoms with van der Waals surface area (Å²) in [5, 5.41) is 3.98. The summed E-state index contributed by atoms with van der Waals surface area (Å²) < 4.78 is 34.5. The Morgan fingerprint density at radius 2 is 2.08 bits per heavy atom. The third kappa shape index (κ3) is 2.11. The average Bonchev–Trinajstić information content (AvgIpc) is 1.92. The number of sulfonamides is 1. The van der Waals surface area contributed by atoms with Crippen molar-refractivity contribution in [3.63, 3.8) is 0 Å². The summed E-state index contributed by atoms with van der Waals surface area (Å²) in [7, 11) is -4.05. The summed E-state index contributed by atoms with van der Waals surface area (Å²) in [6.07, 6.45) is 0. The second kappa shape index (κ2) is 3.23. The zero-order valence-corrected chi connectivity index (χ0v) is 8.63. The topological polar surface area (TPSA) is 73.1 Å². The number of primary sulfonamides is 1. The summed E-state index contributed by atoms with van der Waals surface area (Å²) in [6.45, 7) is 0. The molecule has 1 rings (SSSR count). The van der Waals surface area contributed by atoms with E-state index in [-0.39, 0.29) is 0 Å². The largest absolute Gasteiger partial charge is 0.258 e. The maximum Gasteiger partial charge on any atom is 0.258 e. The van der Waals surface area contributed by atoms with Crippen molar-refractivity contribution in [2.45, 2.75) is 5.03 Å². The maximum absolute atomic E-state index is 12.7. The van der Waals surface area contributed by atoms with Gasteiger partial charge in [0.2, 0.25) is 5.03 Å². The molecule has 1 aromatic heterocycles. The highest BCUT2D eigenvalue weighted by Gasteiger charge is 2.15. The molecule has 66 valence electrons. The SMILES string of the molecule is NS(=O)(=O)c1nc(I)ccc1F. The predicted molar refractivity (Wildman–Crippen MR) is 48.3 cm³/mol. The molecule has 0 spiro atoms. The molecule has 0 amide bonds. The number of halogens is 2. The van der Waals surface area contributed by atoms with Crippen LogP contribution in [0.3, 0.4) is 0 Å². The van der Waals surface area contributed by atoms with Gasteiger partial charge in [0.1, 0.15) is 3.70 Å². The van der Waals surface area contributed by atoms with Crippen molar-refractivity contribution >= 4 is 32.6 Å². The molecule has 1 heterocycles. The Morgan fingerprint density at radius 3 is 2.50 bits per heavy atom. The molecule has 0 fully saturated rings. The molecular formula is C5H4FIN2O2S. The van der Waals surface area contributed by atoms with Gasteiger partial charge in [-0.15, -0.1) is 0 Å². The molecule has 2 N–H and O–H groups in total. The quantitative estimate of drug-likeness (QED) is 0.605. The molecule has 0 unspecified atom stereocenters. The van der Waals surface area contributed by atoms with Gasteiger partial charge in [-0.1, -0.05) is 0 Å². The molecule has 0 aliphatic heterocycles. The molecule has 0 aliphatic rings. The van der Waals surface area contributed by atoms with Crippen LogP contribution in [0, 0.1) is 9.52 Å². The van der Waals surface area contributed by atoms with Crippen molar-refractivity contribution in [1.29, 1.82) is 0 Å². The minimum atomic E-state index is -4.05. The van der Waals surface area contributed by atoms with E-state index in [1.54, 1.807) is 22.6 Å². The van der Waals surface area contributed by atoms with E-state index in [4.69, 9.17) is 5.14 Å². The van der Waals surface area contributed by atoms with Crippen LogP contribution in [0.4, 0.5) is 4.39 Å². The van der Waals surface area contributed by atoms with Gasteiger partial charge < -0.3 is 0 Å². The summed E-state index contributed by atoms with van der Waals surface area (Å²) in [5.41, 5.74) is 0. The van der Waals surface area contributed by atoms with Gasteiger partial charge >= 0.3 is 0 Å². The number of aromatic nitrogens is 1. The van der Waals surface area contributed by atoms with Crippen LogP contribution in [0.1, 0.15) is 0 Å². The highest BCUT2D eigenvalue weighted by atomic mass is 127. The number of nitrogens with two attached hydrogens (primary N) is 1. The lowest BCUT2D eigenvalue weighted by molar-refractivity contribution is 0.553. The highest BCUT2D eigenvalue weighted by molar-refractivity contribution is 14.1. The fraction of sp³-hybridized carbons (Fsp3) is 0. The van der Waals surface area contributed by atoms with Crippen LogP contribution in [0.2, 0.25) is 0 Å². The van der Waals surface area contributed by atoms with Gasteiger partial charge in [0, 0.05) is 0 Å². The van der Waals surface area contributed by atoms with E-state index in [0.29, 0.717) is 3.70 Å². The molecule has 4 nitrogen and oxygen atoms in total. The normalized spacial score (nSPS) is 11.6. The molecule has 7 heteroatoms. The number of hydrogen-bond donors (Lipinski definition) is 1. The Balaban J connectivity index is 3.43. The van der Waals surface area contributed by atoms with E-state index >= 15 is 0 Å². The van der Waals surface area contributed by atoms with Gasteiger partial charge in [0.05, 0.1) is 0 Å². The summed E-state index contributed by atoms with van der Waals surface area (Å²) in [4.78, 5) is 3.44. The first kappa shape index (κ1) is 9.81. The van der Waals surface area contributed by atoms with Crippen LogP contribution in [0.5, 0.6) is 0 Å². The van der Waals surface area contributed by atoms with Crippen LogP contribution < -0.4 is 5.14 Å². The summed E-state index contributed by atoms with van der Waals surface area (Å²) in [5.74, 6) is -0.932. The Hall–Kier alpha value is -0.280. The Kier molecular flexibility index (Phi) is 2.64. The van der Waals surface area contributed by atoms with E-state index in [1.165, 1.54) is 6.07 Å². The van der Waals surface area contributed by atoms with Crippen LogP contribution in [-0.2, 0) is 10.0 Å². The second-order valence-electron chi connectivity index (χ2n) is 1.97. The van der Waals surface area contributed by atoms with Crippen molar-refractivity contribution in [2.24, 2.45) is 5.14 Å². The second-order valence-corrected chi connectivity index (χ2v) is 4.55. The molecule has 12 heavy (non-hydrogen) atoms. The van der Waals surface area contributed by atoms with E-state index in [2.05, 4.69) is 4.98 Å². The van der Waals surface area contributed by atoms with Crippen molar-refractivity contribution in [3.8, 4) is 0 Å². The van der Waals surface area contributed by atoms with Gasteiger partial charge in [0.25, 0.3) is 10.0 Å². The fourth-order valence-electron chi connectivity index (χ4n) is 0.600. The van der Waals surface area contributed by atoms with Crippen molar-refractivity contribution < 1.29 is 12.8 Å². The number of rotatable bonds is 1. The van der Waals surface area contributed by atoms with Crippen LogP contribution >= 0.6 is 22.6 Å². The van der Waals surface area contributed by atoms with Crippen LogP contribution in [0.15, 0.2) is 17.2 Å². The summed E-state index contributed by atoms with van der Waals surface area (Å²) >= 11 is 1.76. The van der Waals surface area contributed by atoms with E-state index in [9.17, 15) is 12.8 Å². The van der Waals surface area contributed by atoms with Gasteiger partial charge in [-0.05, 0) is 34.7 Å². The zero-order valence-electron chi connectivity index (χ0n) is 5.66. The van der Waals surface area contributed by atoms with Gasteiger partial charge in [-0.3, -0.25) is 0 Å². The lowest BCUT2D eigenvalue weighted by atomic mass is 10.5. The third-order valence-corrected chi connectivity index (χ3v) is 2.48. The number of nitrogens with zero attached hydrogens (tertiary/aromatic N) is 1. The van der Waals surface area contributed by atoms with Gasteiger partial charge in [-0.2, -0.15) is 0 Å². The van der Waals surface area contributed by atoms with E-state index in [1.807, 2.05) is 0 Å². The number of pyridine rings is 1. The van der Waals surface area contributed by atoms with Gasteiger partial charge in [-0.25, -0.2) is 22.9 Å². The standard InChI is InChI=1S/C5H4FIN2O2S/c6-3-1-2-4(7)9-5(3)12(8,10)11/h1-2H,(H2,8,10,11). The average molecular weight is 302 g/mol. The first-order chi connectivity index (χ1) is 5.41. The first-order valence-electron chi connectivity index (χ1n) is 2.76.